The molecular weight excluding hydrogens is 232 g/mol. The lowest BCUT2D eigenvalue weighted by atomic mass is 9.95. The molecule has 0 heterocycles. The van der Waals surface area contributed by atoms with Crippen LogP contribution in [-0.2, 0) is 9.59 Å². The van der Waals surface area contributed by atoms with Crippen LogP contribution in [0.3, 0.4) is 0 Å². The average molecular weight is 252 g/mol. The Bertz CT molecular complexity index is 362. The molecule has 5 nitrogen and oxygen atoms in total. The Morgan fingerprint density at radius 3 is 2.56 bits per heavy atom. The number of nitriles is 1. The van der Waals surface area contributed by atoms with Gasteiger partial charge in [0.25, 0.3) is 0 Å². The molecule has 0 aromatic heterocycles. The van der Waals surface area contributed by atoms with Crippen LogP contribution in [0.5, 0.6) is 0 Å². The Morgan fingerprint density at radius 1 is 1.44 bits per heavy atom. The van der Waals surface area contributed by atoms with Gasteiger partial charge in [0.05, 0.1) is 24.3 Å². The van der Waals surface area contributed by atoms with Crippen LogP contribution in [0.15, 0.2) is 0 Å². The summed E-state index contributed by atoms with van der Waals surface area (Å²) in [4.78, 5) is 23.2. The fourth-order valence-corrected chi connectivity index (χ4v) is 2.57. The molecule has 1 rings (SSSR count). The van der Waals surface area contributed by atoms with Crippen molar-refractivity contribution in [3.05, 3.63) is 0 Å². The van der Waals surface area contributed by atoms with Crippen LogP contribution < -0.4 is 5.32 Å². The summed E-state index contributed by atoms with van der Waals surface area (Å²) < 4.78 is 0. The van der Waals surface area contributed by atoms with Crippen LogP contribution in [0.1, 0.15) is 39.5 Å². The van der Waals surface area contributed by atoms with Crippen molar-refractivity contribution >= 4 is 11.9 Å². The van der Waals surface area contributed by atoms with Gasteiger partial charge in [-0.3, -0.25) is 9.59 Å². The number of amides is 1. The summed E-state index contributed by atoms with van der Waals surface area (Å²) in [5, 5.41) is 20.5. The normalized spacial score (nSPS) is 28.4. The Morgan fingerprint density at radius 2 is 2.06 bits per heavy atom. The van der Waals surface area contributed by atoms with Gasteiger partial charge >= 0.3 is 5.97 Å². The molecule has 18 heavy (non-hydrogen) atoms. The zero-order valence-corrected chi connectivity index (χ0v) is 10.8. The number of nitrogens with one attached hydrogen (secondary N) is 1. The van der Waals surface area contributed by atoms with Gasteiger partial charge in [-0.1, -0.05) is 13.8 Å². The molecule has 0 aromatic rings. The highest BCUT2D eigenvalue weighted by Crippen LogP contribution is 2.36. The summed E-state index contributed by atoms with van der Waals surface area (Å²) >= 11 is 0. The van der Waals surface area contributed by atoms with E-state index in [0.29, 0.717) is 19.3 Å². The molecule has 100 valence electrons. The smallest absolute Gasteiger partial charge is 0.307 e. The van der Waals surface area contributed by atoms with E-state index in [2.05, 4.69) is 5.32 Å². The molecule has 1 amide bonds. The Labute approximate surface area is 107 Å². The number of carboxylic acid groups (broad SMARTS) is 1. The van der Waals surface area contributed by atoms with Crippen molar-refractivity contribution in [3.63, 3.8) is 0 Å². The number of carbonyl (C=O) groups excluding carboxylic acids is 1. The summed E-state index contributed by atoms with van der Waals surface area (Å²) in [6, 6.07) is 1.85. The largest absolute Gasteiger partial charge is 0.481 e. The molecule has 1 aliphatic carbocycles. The van der Waals surface area contributed by atoms with Gasteiger partial charge in [0.2, 0.25) is 5.91 Å². The Balaban J connectivity index is 2.65. The Kier molecular flexibility index (Phi) is 5.14. The van der Waals surface area contributed by atoms with Crippen LogP contribution in [-0.4, -0.2) is 23.0 Å². The molecule has 1 saturated carbocycles. The number of hydrogen-bond donors (Lipinski definition) is 2. The van der Waals surface area contributed by atoms with E-state index in [1.165, 1.54) is 0 Å². The highest BCUT2D eigenvalue weighted by atomic mass is 16.4. The minimum Gasteiger partial charge on any atom is -0.481 e. The zero-order valence-electron chi connectivity index (χ0n) is 10.8. The third-order valence-electron chi connectivity index (χ3n) is 3.63. The number of rotatable bonds is 5. The van der Waals surface area contributed by atoms with Crippen LogP contribution in [0.4, 0.5) is 0 Å². The molecule has 1 fully saturated rings. The molecule has 0 radical (unpaired) electrons. The zero-order chi connectivity index (χ0) is 13.7. The monoisotopic (exact) mass is 252 g/mol. The number of carboxylic acids is 1. The van der Waals surface area contributed by atoms with Gasteiger partial charge in [-0.2, -0.15) is 5.26 Å². The lowest BCUT2D eigenvalue weighted by Gasteiger charge is -2.19. The molecule has 2 N–H and O–H groups in total. The first kappa shape index (κ1) is 14.5. The van der Waals surface area contributed by atoms with E-state index >= 15 is 0 Å². The van der Waals surface area contributed by atoms with Gasteiger partial charge in [-0.05, 0) is 25.2 Å². The lowest BCUT2D eigenvalue weighted by Crippen LogP contribution is -2.41. The summed E-state index contributed by atoms with van der Waals surface area (Å²) in [6.45, 7) is 3.87. The molecule has 0 bridgehead atoms. The summed E-state index contributed by atoms with van der Waals surface area (Å²) in [5.41, 5.74) is 0. The van der Waals surface area contributed by atoms with E-state index in [1.807, 2.05) is 19.9 Å². The van der Waals surface area contributed by atoms with Gasteiger partial charge in [-0.15, -0.1) is 0 Å². The van der Waals surface area contributed by atoms with Crippen LogP contribution in [0.2, 0.25) is 0 Å². The molecule has 4 atom stereocenters. The third kappa shape index (κ3) is 3.46. The van der Waals surface area contributed by atoms with E-state index < -0.39 is 17.8 Å². The van der Waals surface area contributed by atoms with Gasteiger partial charge < -0.3 is 10.4 Å². The molecular formula is C13H20N2O3. The van der Waals surface area contributed by atoms with Crippen molar-refractivity contribution < 1.29 is 14.7 Å². The van der Waals surface area contributed by atoms with Crippen molar-refractivity contribution in [1.29, 1.82) is 5.26 Å². The fourth-order valence-electron chi connectivity index (χ4n) is 2.57. The second kappa shape index (κ2) is 6.39. The van der Waals surface area contributed by atoms with Crippen LogP contribution >= 0.6 is 0 Å². The number of nitrogens with zero attached hydrogens (tertiary/aromatic N) is 1. The maximum atomic E-state index is 12.1. The topological polar surface area (TPSA) is 90.2 Å². The fraction of sp³-hybridized carbons (Fsp3) is 0.769. The second-order valence-corrected chi connectivity index (χ2v) is 5.10. The summed E-state index contributed by atoms with van der Waals surface area (Å²) in [5.74, 6) is -1.88. The van der Waals surface area contributed by atoms with E-state index in [4.69, 9.17) is 10.4 Å². The molecule has 0 aromatic carbocycles. The van der Waals surface area contributed by atoms with Crippen molar-refractivity contribution in [3.8, 4) is 6.07 Å². The molecule has 5 heteroatoms. The maximum absolute atomic E-state index is 12.1. The Hall–Kier alpha value is -1.57. The first-order valence-corrected chi connectivity index (χ1v) is 6.39. The molecule has 0 saturated heterocycles. The highest BCUT2D eigenvalue weighted by molar-refractivity contribution is 5.85. The quantitative estimate of drug-likeness (QED) is 0.776. The van der Waals surface area contributed by atoms with Crippen LogP contribution in [0, 0.1) is 29.1 Å². The third-order valence-corrected chi connectivity index (χ3v) is 3.63. The molecule has 4 unspecified atom stereocenters. The minimum atomic E-state index is -0.896. The van der Waals surface area contributed by atoms with Gasteiger partial charge in [0.15, 0.2) is 0 Å². The first-order valence-electron chi connectivity index (χ1n) is 6.39. The van der Waals surface area contributed by atoms with E-state index in [0.717, 1.165) is 0 Å². The van der Waals surface area contributed by atoms with E-state index in [9.17, 15) is 9.59 Å². The van der Waals surface area contributed by atoms with Gasteiger partial charge in [-0.25, -0.2) is 0 Å². The maximum Gasteiger partial charge on any atom is 0.307 e. The predicted octanol–water partition coefficient (Wildman–Crippen LogP) is 1.54. The lowest BCUT2D eigenvalue weighted by molar-refractivity contribution is -0.146. The van der Waals surface area contributed by atoms with Crippen LogP contribution in [0.25, 0.3) is 0 Å². The van der Waals surface area contributed by atoms with Crippen molar-refractivity contribution in [2.24, 2.45) is 17.8 Å². The summed E-state index contributed by atoms with van der Waals surface area (Å²) in [7, 11) is 0. The number of carbonyl (C=O) groups is 2. The standard InChI is InChI=1S/C13H20N2O3/c1-3-9(4-5-14)15-12(16)10-6-8(2)7-11(10)13(17)18/h8-11H,3-4,6-7H2,1-2H3,(H,15,16)(H,17,18). The number of aliphatic carboxylic acids is 1. The van der Waals surface area contributed by atoms with Crippen molar-refractivity contribution in [1.82, 2.24) is 5.32 Å². The average Bonchev–Trinajstić information content (AvgIpc) is 2.71. The van der Waals surface area contributed by atoms with E-state index in [1.54, 1.807) is 0 Å². The number of hydrogen-bond acceptors (Lipinski definition) is 3. The molecule has 1 aliphatic rings. The van der Waals surface area contributed by atoms with Gasteiger partial charge in [0, 0.05) is 6.04 Å². The molecule has 0 aliphatic heterocycles. The minimum absolute atomic E-state index is 0.173. The van der Waals surface area contributed by atoms with Crippen molar-refractivity contribution in [2.75, 3.05) is 0 Å². The van der Waals surface area contributed by atoms with Gasteiger partial charge in [0.1, 0.15) is 0 Å². The second-order valence-electron chi connectivity index (χ2n) is 5.10. The highest BCUT2D eigenvalue weighted by Gasteiger charge is 2.41. The van der Waals surface area contributed by atoms with E-state index in [-0.39, 0.29) is 24.3 Å². The predicted molar refractivity (Wildman–Crippen MR) is 65.5 cm³/mol. The van der Waals surface area contributed by atoms with Crippen molar-refractivity contribution in [2.45, 2.75) is 45.6 Å². The first-order chi connectivity index (χ1) is 8.49. The summed E-state index contributed by atoms with van der Waals surface area (Å²) in [6.07, 6.45) is 2.12. The SMILES string of the molecule is CCC(CC#N)NC(=O)C1CC(C)CC1C(=O)O. The molecule has 0 spiro atoms.